The third-order valence-electron chi connectivity index (χ3n) is 2.14. The van der Waals surface area contributed by atoms with Crippen molar-refractivity contribution in [2.75, 3.05) is 0 Å². The number of aromatic hydroxyl groups is 1. The molecule has 0 atom stereocenters. The lowest BCUT2D eigenvalue weighted by Crippen LogP contribution is -1.90. The van der Waals surface area contributed by atoms with Gasteiger partial charge in [0.1, 0.15) is 23.1 Å². The van der Waals surface area contributed by atoms with Crippen LogP contribution in [0.25, 0.3) is 0 Å². The van der Waals surface area contributed by atoms with E-state index in [1.165, 1.54) is 36.4 Å². The van der Waals surface area contributed by atoms with Gasteiger partial charge in [-0.1, -0.05) is 0 Å². The number of benzene rings is 2. The topological polar surface area (TPSA) is 72.6 Å². The highest BCUT2D eigenvalue weighted by molar-refractivity contribution is 5.46. The van der Waals surface area contributed by atoms with E-state index in [-0.39, 0.29) is 17.2 Å². The first kappa shape index (κ1) is 11.8. The molecule has 0 fully saturated rings. The summed E-state index contributed by atoms with van der Waals surface area (Å²) in [6.07, 6.45) is 0. The molecule has 2 aromatic rings. The predicted octanol–water partition coefficient (Wildman–Crippen LogP) is 3.23. The molecule has 18 heavy (non-hydrogen) atoms. The van der Waals surface area contributed by atoms with E-state index in [0.717, 1.165) is 6.07 Å². The minimum Gasteiger partial charge on any atom is -0.508 e. The van der Waals surface area contributed by atoms with Crippen molar-refractivity contribution in [3.63, 3.8) is 0 Å². The van der Waals surface area contributed by atoms with E-state index >= 15 is 0 Å². The Labute approximate surface area is 101 Å². The Kier molecular flexibility index (Phi) is 3.09. The molecule has 5 nitrogen and oxygen atoms in total. The van der Waals surface area contributed by atoms with Crippen LogP contribution in [0.2, 0.25) is 0 Å². The molecular formula is C12H8FNO4. The molecule has 0 bridgehead atoms. The summed E-state index contributed by atoms with van der Waals surface area (Å²) >= 11 is 0. The zero-order valence-corrected chi connectivity index (χ0v) is 9.04. The number of nitrogens with zero attached hydrogens (tertiary/aromatic N) is 1. The average Bonchev–Trinajstić information content (AvgIpc) is 2.31. The Morgan fingerprint density at radius 2 is 1.78 bits per heavy atom. The van der Waals surface area contributed by atoms with E-state index in [2.05, 4.69) is 0 Å². The van der Waals surface area contributed by atoms with Gasteiger partial charge in [-0.2, -0.15) is 0 Å². The number of hydrogen-bond acceptors (Lipinski definition) is 4. The van der Waals surface area contributed by atoms with E-state index in [1.54, 1.807) is 0 Å². The summed E-state index contributed by atoms with van der Waals surface area (Å²) in [7, 11) is 0. The fraction of sp³-hybridized carbons (Fsp3) is 0. The van der Waals surface area contributed by atoms with Crippen LogP contribution in [0.1, 0.15) is 0 Å². The summed E-state index contributed by atoms with van der Waals surface area (Å²) in [4.78, 5) is 9.95. The van der Waals surface area contributed by atoms with Gasteiger partial charge >= 0.3 is 0 Å². The van der Waals surface area contributed by atoms with Gasteiger partial charge in [0.2, 0.25) is 0 Å². The highest BCUT2D eigenvalue weighted by atomic mass is 19.1. The fourth-order valence-electron chi connectivity index (χ4n) is 1.37. The van der Waals surface area contributed by atoms with Gasteiger partial charge in [-0.05, 0) is 24.3 Å². The quantitative estimate of drug-likeness (QED) is 0.669. The van der Waals surface area contributed by atoms with Crippen LogP contribution in [0.5, 0.6) is 17.2 Å². The molecule has 0 saturated heterocycles. The summed E-state index contributed by atoms with van der Waals surface area (Å²) in [5, 5.41) is 19.9. The SMILES string of the molecule is O=[N+]([O-])c1cc(O)cc(Oc2ccc(F)cc2)c1. The zero-order valence-electron chi connectivity index (χ0n) is 9.04. The van der Waals surface area contributed by atoms with E-state index < -0.39 is 10.7 Å². The lowest BCUT2D eigenvalue weighted by Gasteiger charge is -2.05. The van der Waals surface area contributed by atoms with Crippen LogP contribution in [0, 0.1) is 15.9 Å². The van der Waals surface area contributed by atoms with Crippen molar-refractivity contribution < 1.29 is 19.2 Å². The van der Waals surface area contributed by atoms with Gasteiger partial charge in [0.05, 0.1) is 17.1 Å². The van der Waals surface area contributed by atoms with Crippen LogP contribution < -0.4 is 4.74 Å². The molecule has 0 aliphatic carbocycles. The summed E-state index contributed by atoms with van der Waals surface area (Å²) in [6.45, 7) is 0. The number of phenols is 1. The molecule has 0 spiro atoms. The largest absolute Gasteiger partial charge is 0.508 e. The standard InChI is InChI=1S/C12H8FNO4/c13-8-1-3-11(4-2-8)18-12-6-9(14(16)17)5-10(15)7-12/h1-7,15H. The summed E-state index contributed by atoms with van der Waals surface area (Å²) in [5.74, 6) is -0.268. The maximum atomic E-state index is 12.7. The van der Waals surface area contributed by atoms with Gasteiger partial charge in [0.25, 0.3) is 5.69 Å². The van der Waals surface area contributed by atoms with Crippen molar-refractivity contribution in [1.82, 2.24) is 0 Å². The molecule has 0 heterocycles. The molecule has 6 heteroatoms. The molecule has 2 rings (SSSR count). The number of nitro groups is 1. The van der Waals surface area contributed by atoms with Crippen LogP contribution in [-0.2, 0) is 0 Å². The Hall–Kier alpha value is -2.63. The Morgan fingerprint density at radius 1 is 1.11 bits per heavy atom. The molecule has 0 radical (unpaired) electrons. The van der Waals surface area contributed by atoms with Gasteiger partial charge in [-0.3, -0.25) is 10.1 Å². The monoisotopic (exact) mass is 249 g/mol. The van der Waals surface area contributed by atoms with E-state index in [1.807, 2.05) is 0 Å². The highest BCUT2D eigenvalue weighted by Gasteiger charge is 2.10. The minimum absolute atomic E-state index is 0.105. The van der Waals surface area contributed by atoms with Gasteiger partial charge < -0.3 is 9.84 Å². The van der Waals surface area contributed by atoms with Gasteiger partial charge in [0.15, 0.2) is 0 Å². The molecule has 0 unspecified atom stereocenters. The number of hydrogen-bond donors (Lipinski definition) is 1. The maximum Gasteiger partial charge on any atom is 0.276 e. The molecular weight excluding hydrogens is 241 g/mol. The molecule has 0 aromatic heterocycles. The van der Waals surface area contributed by atoms with Crippen molar-refractivity contribution in [2.45, 2.75) is 0 Å². The number of halogens is 1. The van der Waals surface area contributed by atoms with Crippen LogP contribution in [0.4, 0.5) is 10.1 Å². The van der Waals surface area contributed by atoms with Crippen LogP contribution >= 0.6 is 0 Å². The van der Waals surface area contributed by atoms with Crippen LogP contribution in [-0.4, -0.2) is 10.0 Å². The van der Waals surface area contributed by atoms with Crippen molar-refractivity contribution in [1.29, 1.82) is 0 Å². The van der Waals surface area contributed by atoms with Crippen molar-refractivity contribution >= 4 is 5.69 Å². The lowest BCUT2D eigenvalue weighted by molar-refractivity contribution is -0.385. The number of ether oxygens (including phenoxy) is 1. The molecule has 0 saturated carbocycles. The van der Waals surface area contributed by atoms with Gasteiger partial charge in [0, 0.05) is 6.07 Å². The smallest absolute Gasteiger partial charge is 0.276 e. The second-order valence-corrected chi connectivity index (χ2v) is 3.50. The number of phenolic OH excluding ortho intramolecular Hbond substituents is 1. The fourth-order valence-corrected chi connectivity index (χ4v) is 1.37. The second kappa shape index (κ2) is 4.70. The lowest BCUT2D eigenvalue weighted by atomic mass is 10.3. The van der Waals surface area contributed by atoms with Crippen LogP contribution in [0.15, 0.2) is 42.5 Å². The number of non-ortho nitro benzene ring substituents is 1. The molecule has 92 valence electrons. The van der Waals surface area contributed by atoms with Crippen molar-refractivity contribution in [3.8, 4) is 17.2 Å². The normalized spacial score (nSPS) is 10.1. The van der Waals surface area contributed by atoms with E-state index in [9.17, 15) is 19.6 Å². The summed E-state index contributed by atoms with van der Waals surface area (Å²) in [5.41, 5.74) is -0.285. The van der Waals surface area contributed by atoms with Crippen LogP contribution in [0.3, 0.4) is 0 Å². The molecule has 1 N–H and O–H groups in total. The first-order valence-electron chi connectivity index (χ1n) is 4.96. The average molecular weight is 249 g/mol. The zero-order chi connectivity index (χ0) is 13.1. The van der Waals surface area contributed by atoms with Gasteiger partial charge in [-0.25, -0.2) is 4.39 Å². The first-order chi connectivity index (χ1) is 8.54. The first-order valence-corrected chi connectivity index (χ1v) is 4.96. The van der Waals surface area contributed by atoms with E-state index in [0.29, 0.717) is 5.75 Å². The molecule has 0 amide bonds. The molecule has 0 aliphatic rings. The third kappa shape index (κ3) is 2.73. The Morgan fingerprint density at radius 3 is 2.39 bits per heavy atom. The van der Waals surface area contributed by atoms with Crippen molar-refractivity contribution in [2.24, 2.45) is 0 Å². The summed E-state index contributed by atoms with van der Waals surface area (Å²) < 4.78 is 17.9. The number of nitro benzene ring substituents is 1. The predicted molar refractivity (Wildman–Crippen MR) is 61.2 cm³/mol. The van der Waals surface area contributed by atoms with Crippen molar-refractivity contribution in [3.05, 3.63) is 58.4 Å². The highest BCUT2D eigenvalue weighted by Crippen LogP contribution is 2.30. The maximum absolute atomic E-state index is 12.7. The minimum atomic E-state index is -0.642. The Balaban J connectivity index is 2.28. The molecule has 2 aromatic carbocycles. The second-order valence-electron chi connectivity index (χ2n) is 3.50. The third-order valence-corrected chi connectivity index (χ3v) is 2.14. The molecule has 0 aliphatic heterocycles. The number of rotatable bonds is 3. The Bertz CT molecular complexity index is 583. The van der Waals surface area contributed by atoms with Gasteiger partial charge in [-0.15, -0.1) is 0 Å². The summed E-state index contributed by atoms with van der Waals surface area (Å²) in [6, 6.07) is 8.58. The van der Waals surface area contributed by atoms with E-state index in [4.69, 9.17) is 4.74 Å².